The summed E-state index contributed by atoms with van der Waals surface area (Å²) in [7, 11) is 0.460. The third kappa shape index (κ3) is 7.00. The van der Waals surface area contributed by atoms with Crippen molar-refractivity contribution in [2.75, 3.05) is 43.7 Å². The van der Waals surface area contributed by atoms with Gasteiger partial charge in [0.25, 0.3) is 5.91 Å². The minimum atomic E-state index is -2.54. The SMILES string of the molecule is COC(=O)CCCCN1C(=O)[C@]2(O[C@H](CC(=O)N3CCC[C@H]3CO)[C@@H]([Si](C)(C)c3ccc(OC)cc3)[C@@H]2C)c2cc(N(C=O)c3ccccc3)ccc21. The van der Waals surface area contributed by atoms with Crippen LogP contribution in [0.4, 0.5) is 17.1 Å². The van der Waals surface area contributed by atoms with E-state index in [-0.39, 0.29) is 54.7 Å². The molecule has 0 saturated carbocycles. The average Bonchev–Trinajstić information content (AvgIpc) is 3.84. The standard InChI is InChI=1S/C41H51N3O8Si/c1-28-39(53(4,5)33-19-17-32(50-2)18-20-33)36(25-37(47)42-23-11-14-31(42)26-45)52-41(28)34-24-30(44(27-46)29-12-7-6-8-13-29)16-21-35(34)43(40(41)49)22-10-9-15-38(48)51-3/h6-8,12-13,16-21,24,27-28,31,36,39,45H,9-11,14-15,22-23,25-26H2,1-5H3/t28-,31-,36+,39-,41+/m0/s1. The van der Waals surface area contributed by atoms with Crippen LogP contribution < -0.4 is 19.7 Å². The first-order valence-electron chi connectivity index (χ1n) is 18.6. The molecule has 11 nitrogen and oxygen atoms in total. The molecule has 3 aliphatic heterocycles. The van der Waals surface area contributed by atoms with Crippen LogP contribution in [0.5, 0.6) is 5.75 Å². The number of fused-ring (bicyclic) bond motifs is 2. The van der Waals surface area contributed by atoms with Gasteiger partial charge in [-0.2, -0.15) is 0 Å². The molecular formula is C41H51N3O8Si. The van der Waals surface area contributed by atoms with Gasteiger partial charge in [-0.3, -0.25) is 24.1 Å². The molecular weight excluding hydrogens is 691 g/mol. The normalized spacial score (nSPS) is 23.7. The molecule has 53 heavy (non-hydrogen) atoms. The first kappa shape index (κ1) is 38.2. The number of para-hydroxylation sites is 1. The van der Waals surface area contributed by atoms with Gasteiger partial charge in [0, 0.05) is 42.4 Å². The van der Waals surface area contributed by atoms with Crippen molar-refractivity contribution >= 4 is 54.5 Å². The summed E-state index contributed by atoms with van der Waals surface area (Å²) in [4.78, 5) is 58.9. The zero-order valence-corrected chi connectivity index (χ0v) is 32.3. The molecule has 3 aromatic rings. The number of aliphatic hydroxyl groups excluding tert-OH is 1. The summed E-state index contributed by atoms with van der Waals surface area (Å²) in [5, 5.41) is 11.2. The van der Waals surface area contributed by atoms with Gasteiger partial charge < -0.3 is 29.1 Å². The first-order chi connectivity index (χ1) is 25.5. The zero-order valence-electron chi connectivity index (χ0n) is 31.3. The van der Waals surface area contributed by atoms with Crippen molar-refractivity contribution in [2.45, 2.75) is 81.8 Å². The van der Waals surface area contributed by atoms with Gasteiger partial charge in [-0.15, -0.1) is 0 Å². The number of benzene rings is 3. The highest BCUT2D eigenvalue weighted by Gasteiger charge is 2.66. The Morgan fingerprint density at radius 1 is 1.04 bits per heavy atom. The van der Waals surface area contributed by atoms with Crippen molar-refractivity contribution in [3.05, 3.63) is 78.4 Å². The molecule has 0 radical (unpaired) electrons. The van der Waals surface area contributed by atoms with Crippen LogP contribution in [-0.4, -0.2) is 88.3 Å². The van der Waals surface area contributed by atoms with Gasteiger partial charge in [-0.25, -0.2) is 0 Å². The summed E-state index contributed by atoms with van der Waals surface area (Å²) in [6.45, 7) is 7.45. The molecule has 0 aliphatic carbocycles. The van der Waals surface area contributed by atoms with E-state index < -0.39 is 19.8 Å². The van der Waals surface area contributed by atoms with Crippen LogP contribution in [0.2, 0.25) is 18.6 Å². The molecule has 0 bridgehead atoms. The van der Waals surface area contributed by atoms with Crippen molar-refractivity contribution < 1.29 is 38.5 Å². The maximum Gasteiger partial charge on any atom is 0.305 e. The van der Waals surface area contributed by atoms with Crippen molar-refractivity contribution in [1.29, 1.82) is 0 Å². The van der Waals surface area contributed by atoms with E-state index in [1.807, 2.05) is 60.7 Å². The number of esters is 1. The second-order valence-electron chi connectivity index (χ2n) is 14.9. The van der Waals surface area contributed by atoms with E-state index in [1.54, 1.807) is 21.8 Å². The van der Waals surface area contributed by atoms with Gasteiger partial charge in [0.2, 0.25) is 12.3 Å². The zero-order chi connectivity index (χ0) is 37.9. The average molecular weight is 742 g/mol. The number of hydrogen-bond donors (Lipinski definition) is 1. The molecule has 5 atom stereocenters. The van der Waals surface area contributed by atoms with E-state index in [1.165, 1.54) is 7.11 Å². The molecule has 3 amide bonds. The quantitative estimate of drug-likeness (QED) is 0.103. The minimum Gasteiger partial charge on any atom is -0.497 e. The monoisotopic (exact) mass is 741 g/mol. The predicted octanol–water partition coefficient (Wildman–Crippen LogP) is 5.27. The largest absolute Gasteiger partial charge is 0.497 e. The van der Waals surface area contributed by atoms with Crippen LogP contribution in [-0.2, 0) is 34.3 Å². The Morgan fingerprint density at radius 3 is 2.43 bits per heavy atom. The topological polar surface area (TPSA) is 126 Å². The highest BCUT2D eigenvalue weighted by atomic mass is 28.3. The molecule has 0 aromatic heterocycles. The van der Waals surface area contributed by atoms with Crippen molar-refractivity contribution in [1.82, 2.24) is 4.90 Å². The summed E-state index contributed by atoms with van der Waals surface area (Å²) in [6.07, 6.45) is 3.16. The lowest BCUT2D eigenvalue weighted by Crippen LogP contribution is -2.52. The van der Waals surface area contributed by atoms with Gasteiger partial charge >= 0.3 is 5.97 Å². The molecule has 1 N–H and O–H groups in total. The fourth-order valence-corrected chi connectivity index (χ4v) is 13.0. The van der Waals surface area contributed by atoms with Crippen LogP contribution in [0, 0.1) is 5.92 Å². The molecule has 3 aliphatic rings. The van der Waals surface area contributed by atoms with Crippen LogP contribution in [0.25, 0.3) is 0 Å². The fraction of sp³-hybridized carbons (Fsp3) is 0.463. The third-order valence-electron chi connectivity index (χ3n) is 11.8. The number of amides is 3. The Balaban J connectivity index is 1.46. The van der Waals surface area contributed by atoms with Gasteiger partial charge in [0.15, 0.2) is 5.60 Å². The summed E-state index contributed by atoms with van der Waals surface area (Å²) < 4.78 is 17.5. The number of carbonyl (C=O) groups excluding carboxylic acids is 4. The van der Waals surface area contributed by atoms with E-state index in [0.717, 1.165) is 30.2 Å². The van der Waals surface area contributed by atoms with E-state index in [9.17, 15) is 19.5 Å². The minimum absolute atomic E-state index is 0.0752. The van der Waals surface area contributed by atoms with Crippen LogP contribution in [0.3, 0.4) is 0 Å². The number of unbranched alkanes of at least 4 members (excludes halogenated alkanes) is 1. The van der Waals surface area contributed by atoms with Crippen LogP contribution >= 0.6 is 0 Å². The highest BCUT2D eigenvalue weighted by Crippen LogP contribution is 2.60. The molecule has 0 unspecified atom stereocenters. The van der Waals surface area contributed by atoms with Crippen LogP contribution in [0.15, 0.2) is 72.8 Å². The fourth-order valence-electron chi connectivity index (χ4n) is 9.02. The number of aliphatic hydroxyl groups is 1. The molecule has 6 rings (SSSR count). The first-order valence-corrected chi connectivity index (χ1v) is 21.6. The van der Waals surface area contributed by atoms with Gasteiger partial charge in [0.05, 0.1) is 53.2 Å². The maximum atomic E-state index is 15.2. The number of rotatable bonds is 14. The Hall–Kier alpha value is -4.52. The Bertz CT molecular complexity index is 1800. The lowest BCUT2D eigenvalue weighted by Gasteiger charge is -2.37. The molecule has 1 spiro atoms. The molecule has 3 aromatic carbocycles. The van der Waals surface area contributed by atoms with E-state index in [0.29, 0.717) is 48.6 Å². The molecule has 3 heterocycles. The highest BCUT2D eigenvalue weighted by molar-refractivity contribution is 6.91. The molecule has 2 fully saturated rings. The number of likely N-dealkylation sites (tertiary alicyclic amines) is 1. The second-order valence-corrected chi connectivity index (χ2v) is 19.6. The van der Waals surface area contributed by atoms with Crippen molar-refractivity contribution in [3.63, 3.8) is 0 Å². The summed E-state index contributed by atoms with van der Waals surface area (Å²) in [5.41, 5.74) is 1.01. The van der Waals surface area contributed by atoms with Gasteiger partial charge in [0.1, 0.15) is 5.75 Å². The second kappa shape index (κ2) is 15.8. The maximum absolute atomic E-state index is 15.2. The number of methoxy groups -OCH3 is 2. The Kier molecular flexibility index (Phi) is 11.4. The van der Waals surface area contributed by atoms with E-state index >= 15 is 4.79 Å². The molecule has 12 heteroatoms. The summed E-state index contributed by atoms with van der Waals surface area (Å²) in [5.74, 6) is -0.212. The van der Waals surface area contributed by atoms with Gasteiger partial charge in [-0.1, -0.05) is 55.5 Å². The lowest BCUT2D eigenvalue weighted by atomic mass is 9.82. The van der Waals surface area contributed by atoms with Crippen molar-refractivity contribution in [2.24, 2.45) is 5.92 Å². The predicted molar refractivity (Wildman–Crippen MR) is 205 cm³/mol. The third-order valence-corrected chi connectivity index (χ3v) is 16.1. The molecule has 282 valence electrons. The van der Waals surface area contributed by atoms with E-state index in [4.69, 9.17) is 14.2 Å². The van der Waals surface area contributed by atoms with E-state index in [2.05, 4.69) is 32.2 Å². The molecule has 2 saturated heterocycles. The summed E-state index contributed by atoms with van der Waals surface area (Å²) >= 11 is 0. The van der Waals surface area contributed by atoms with Crippen molar-refractivity contribution in [3.8, 4) is 5.75 Å². The number of nitrogens with zero attached hydrogens (tertiary/aromatic N) is 3. The van der Waals surface area contributed by atoms with Gasteiger partial charge in [-0.05, 0) is 73.7 Å². The number of hydrogen-bond acceptors (Lipinski definition) is 8. The number of anilines is 3. The number of carbonyl (C=O) groups is 4. The number of ether oxygens (including phenoxy) is 3. The smallest absolute Gasteiger partial charge is 0.305 e. The Labute approximate surface area is 312 Å². The Morgan fingerprint density at radius 2 is 1.77 bits per heavy atom. The summed E-state index contributed by atoms with van der Waals surface area (Å²) in [6, 6.07) is 22.8. The van der Waals surface area contributed by atoms with Crippen LogP contribution in [0.1, 0.15) is 51.0 Å². The lowest BCUT2D eigenvalue weighted by molar-refractivity contribution is -0.150.